The van der Waals surface area contributed by atoms with Crippen molar-refractivity contribution in [3.05, 3.63) is 229 Å². The Labute approximate surface area is 330 Å². The van der Waals surface area contributed by atoms with Crippen LogP contribution in [-0.4, -0.2) is 19.5 Å². The lowest BCUT2D eigenvalue weighted by Crippen LogP contribution is -2.42. The molecular formula is C52H35N5. The molecule has 2 aromatic heterocycles. The van der Waals surface area contributed by atoms with Gasteiger partial charge in [0.25, 0.3) is 0 Å². The van der Waals surface area contributed by atoms with E-state index in [4.69, 9.17) is 15.0 Å². The number of hydrogen-bond acceptors (Lipinski definition) is 4. The molecule has 0 fully saturated rings. The third-order valence-electron chi connectivity index (χ3n) is 11.3. The molecule has 57 heavy (non-hydrogen) atoms. The molecule has 11 rings (SSSR count). The van der Waals surface area contributed by atoms with Gasteiger partial charge in [-0.2, -0.15) is 0 Å². The Morgan fingerprint density at radius 2 is 0.719 bits per heavy atom. The third-order valence-corrected chi connectivity index (χ3v) is 11.3. The maximum absolute atomic E-state index is 5.01. The van der Waals surface area contributed by atoms with Crippen LogP contribution >= 0.6 is 0 Å². The van der Waals surface area contributed by atoms with Crippen molar-refractivity contribution in [2.24, 2.45) is 0 Å². The minimum Gasteiger partial charge on any atom is -0.322 e. The van der Waals surface area contributed by atoms with Crippen molar-refractivity contribution in [2.45, 2.75) is 5.54 Å². The number of benzene rings is 8. The first-order chi connectivity index (χ1) is 28.3. The minimum atomic E-state index is -0.694. The molecule has 0 radical (unpaired) electrons. The van der Waals surface area contributed by atoms with Crippen LogP contribution in [0.1, 0.15) is 16.7 Å². The van der Waals surface area contributed by atoms with Crippen LogP contribution in [0.5, 0.6) is 0 Å². The van der Waals surface area contributed by atoms with Gasteiger partial charge < -0.3 is 9.47 Å². The Morgan fingerprint density at radius 1 is 0.333 bits per heavy atom. The summed E-state index contributed by atoms with van der Waals surface area (Å²) in [6.45, 7) is 0. The first-order valence-corrected chi connectivity index (χ1v) is 19.3. The maximum atomic E-state index is 5.01. The molecule has 0 spiro atoms. The minimum absolute atomic E-state index is 0.628. The zero-order valence-electron chi connectivity index (χ0n) is 30.9. The van der Waals surface area contributed by atoms with Gasteiger partial charge in [0.2, 0.25) is 0 Å². The predicted molar refractivity (Wildman–Crippen MR) is 232 cm³/mol. The molecule has 0 saturated heterocycles. The molecule has 0 amide bonds. The third kappa shape index (κ3) is 5.13. The second kappa shape index (κ2) is 13.3. The fourth-order valence-electron chi connectivity index (χ4n) is 8.84. The maximum Gasteiger partial charge on any atom is 0.164 e. The van der Waals surface area contributed by atoms with Crippen molar-refractivity contribution >= 4 is 38.9 Å². The lowest BCUT2D eigenvalue weighted by atomic mass is 9.72. The molecule has 0 N–H and O–H groups in total. The van der Waals surface area contributed by atoms with Crippen molar-refractivity contribution in [1.29, 1.82) is 0 Å². The molecule has 0 atom stereocenters. The molecule has 1 aliphatic rings. The van der Waals surface area contributed by atoms with E-state index in [0.29, 0.717) is 17.5 Å². The summed E-state index contributed by atoms with van der Waals surface area (Å²) in [4.78, 5) is 17.3. The molecule has 8 aromatic carbocycles. The van der Waals surface area contributed by atoms with E-state index in [2.05, 4.69) is 161 Å². The van der Waals surface area contributed by atoms with Crippen LogP contribution in [0.25, 0.3) is 56.0 Å². The Bertz CT molecular complexity index is 2910. The van der Waals surface area contributed by atoms with Crippen LogP contribution in [0.2, 0.25) is 0 Å². The van der Waals surface area contributed by atoms with Gasteiger partial charge in [-0.1, -0.05) is 164 Å². The van der Waals surface area contributed by atoms with Gasteiger partial charge in [0, 0.05) is 44.3 Å². The molecule has 268 valence electrons. The number of para-hydroxylation sites is 4. The molecule has 5 heteroatoms. The van der Waals surface area contributed by atoms with Gasteiger partial charge in [0.1, 0.15) is 5.54 Å². The highest BCUT2D eigenvalue weighted by Gasteiger charge is 2.47. The molecule has 0 saturated carbocycles. The van der Waals surface area contributed by atoms with Crippen LogP contribution in [0.4, 0.5) is 17.1 Å². The van der Waals surface area contributed by atoms with Crippen LogP contribution in [0, 0.1) is 0 Å². The van der Waals surface area contributed by atoms with Gasteiger partial charge in [0.05, 0.1) is 22.4 Å². The predicted octanol–water partition coefficient (Wildman–Crippen LogP) is 12.6. The number of rotatable bonds is 6. The van der Waals surface area contributed by atoms with E-state index < -0.39 is 5.54 Å². The summed E-state index contributed by atoms with van der Waals surface area (Å²) in [5.41, 5.74) is 11.4. The summed E-state index contributed by atoms with van der Waals surface area (Å²) in [6.07, 6.45) is 0. The zero-order valence-corrected chi connectivity index (χ0v) is 30.9. The van der Waals surface area contributed by atoms with Crippen molar-refractivity contribution in [2.75, 3.05) is 4.90 Å². The molecule has 10 aromatic rings. The molecule has 1 aliphatic heterocycles. The van der Waals surface area contributed by atoms with Crippen LogP contribution < -0.4 is 4.90 Å². The van der Waals surface area contributed by atoms with E-state index in [1.165, 1.54) is 38.5 Å². The number of nitrogens with zero attached hydrogens (tertiary/aromatic N) is 5. The number of fused-ring (bicyclic) bond motifs is 5. The Balaban J connectivity index is 1.12. The Hall–Kier alpha value is -7.63. The first-order valence-electron chi connectivity index (χ1n) is 19.3. The quantitative estimate of drug-likeness (QED) is 0.171. The van der Waals surface area contributed by atoms with E-state index in [9.17, 15) is 0 Å². The van der Waals surface area contributed by atoms with Gasteiger partial charge in [0.15, 0.2) is 17.5 Å². The van der Waals surface area contributed by atoms with Crippen LogP contribution in [-0.2, 0) is 5.54 Å². The molecule has 0 bridgehead atoms. The SMILES string of the molecule is c1ccc(-c2nc(-c3ccccc3)nc(-c3ccc(N4c5ccccc5C(c5ccccc5)(n5c6ccccc6c6ccccc65)c5ccccc54)cc3)n2)cc1. The average molecular weight is 730 g/mol. The normalized spacial score (nSPS) is 13.0. The van der Waals surface area contributed by atoms with E-state index in [0.717, 1.165) is 33.8 Å². The van der Waals surface area contributed by atoms with Crippen molar-refractivity contribution in [3.8, 4) is 34.2 Å². The number of hydrogen-bond donors (Lipinski definition) is 0. The van der Waals surface area contributed by atoms with Crippen molar-refractivity contribution in [3.63, 3.8) is 0 Å². The summed E-state index contributed by atoms with van der Waals surface area (Å²) in [6, 6.07) is 75.3. The molecule has 3 heterocycles. The number of anilines is 3. The van der Waals surface area contributed by atoms with Crippen LogP contribution in [0.3, 0.4) is 0 Å². The summed E-state index contributed by atoms with van der Waals surface area (Å²) in [5, 5.41) is 2.47. The summed E-state index contributed by atoms with van der Waals surface area (Å²) in [7, 11) is 0. The lowest BCUT2D eigenvalue weighted by Gasteiger charge is -2.47. The second-order valence-electron chi connectivity index (χ2n) is 14.4. The van der Waals surface area contributed by atoms with Crippen molar-refractivity contribution in [1.82, 2.24) is 19.5 Å². The smallest absolute Gasteiger partial charge is 0.164 e. The molecular weight excluding hydrogens is 695 g/mol. The zero-order chi connectivity index (χ0) is 37.8. The van der Waals surface area contributed by atoms with Crippen LogP contribution in [0.15, 0.2) is 212 Å². The van der Waals surface area contributed by atoms with Crippen molar-refractivity contribution < 1.29 is 0 Å². The molecule has 5 nitrogen and oxygen atoms in total. The van der Waals surface area contributed by atoms with E-state index >= 15 is 0 Å². The van der Waals surface area contributed by atoms with E-state index in [1.807, 2.05) is 60.7 Å². The Morgan fingerprint density at radius 3 is 1.21 bits per heavy atom. The fraction of sp³-hybridized carbons (Fsp3) is 0.0192. The summed E-state index contributed by atoms with van der Waals surface area (Å²) in [5.74, 6) is 1.91. The van der Waals surface area contributed by atoms with Gasteiger partial charge >= 0.3 is 0 Å². The highest BCUT2D eigenvalue weighted by Crippen LogP contribution is 2.57. The topological polar surface area (TPSA) is 46.8 Å². The fourth-order valence-corrected chi connectivity index (χ4v) is 8.84. The van der Waals surface area contributed by atoms with Gasteiger partial charge in [-0.15, -0.1) is 0 Å². The van der Waals surface area contributed by atoms with E-state index in [-0.39, 0.29) is 0 Å². The second-order valence-corrected chi connectivity index (χ2v) is 14.4. The molecule has 0 aliphatic carbocycles. The first kappa shape index (κ1) is 32.8. The summed E-state index contributed by atoms with van der Waals surface area (Å²) >= 11 is 0. The molecule has 0 unspecified atom stereocenters. The van der Waals surface area contributed by atoms with Gasteiger partial charge in [-0.3, -0.25) is 0 Å². The lowest BCUT2D eigenvalue weighted by molar-refractivity contribution is 0.544. The Kier molecular flexibility index (Phi) is 7.64. The highest BCUT2D eigenvalue weighted by molar-refractivity contribution is 6.09. The average Bonchev–Trinajstić information content (AvgIpc) is 3.63. The van der Waals surface area contributed by atoms with E-state index in [1.54, 1.807) is 0 Å². The standard InChI is InChI=1S/C52H35N5/c1-4-18-36(19-5-1)49-53-50(37-20-6-2-7-21-37)55-51(54-49)38-32-34-40(35-33-38)56-47-30-16-12-26-43(47)52(39-22-8-3-9-23-39,44-27-13-17-31-48(44)56)57-45-28-14-10-24-41(45)42-25-11-15-29-46(42)57/h1-35H. The number of aromatic nitrogens is 4. The highest BCUT2D eigenvalue weighted by atomic mass is 15.2. The monoisotopic (exact) mass is 729 g/mol. The van der Waals surface area contributed by atoms with Gasteiger partial charge in [-0.05, 0) is 54.1 Å². The van der Waals surface area contributed by atoms with Gasteiger partial charge in [-0.25, -0.2) is 15.0 Å². The summed E-state index contributed by atoms with van der Waals surface area (Å²) < 4.78 is 2.58. The largest absolute Gasteiger partial charge is 0.322 e.